The molecule has 0 heterocycles. The van der Waals surface area contributed by atoms with Crippen molar-refractivity contribution in [3.05, 3.63) is 29.8 Å². The van der Waals surface area contributed by atoms with Crippen LogP contribution in [0.5, 0.6) is 0 Å². The topological polar surface area (TPSA) is 58.6 Å². The van der Waals surface area contributed by atoms with E-state index in [1.165, 1.54) is 0 Å². The van der Waals surface area contributed by atoms with Crippen LogP contribution in [0.25, 0.3) is 0 Å². The van der Waals surface area contributed by atoms with Crippen molar-refractivity contribution in [1.29, 1.82) is 0 Å². The first kappa shape index (κ1) is 22.4. The number of hydrogen-bond donors (Lipinski definition) is 1. The molecule has 5 nitrogen and oxygen atoms in total. The summed E-state index contributed by atoms with van der Waals surface area (Å²) in [6.07, 6.45) is 3.02. The van der Waals surface area contributed by atoms with Crippen LogP contribution in [0.4, 0.5) is 5.69 Å². The van der Waals surface area contributed by atoms with E-state index in [4.69, 9.17) is 4.74 Å². The molecule has 1 amide bonds. The number of benzene rings is 1. The summed E-state index contributed by atoms with van der Waals surface area (Å²) in [6, 6.07) is 6.87. The van der Waals surface area contributed by atoms with E-state index in [9.17, 15) is 9.59 Å². The van der Waals surface area contributed by atoms with Gasteiger partial charge in [0.15, 0.2) is 0 Å². The Morgan fingerprint density at radius 3 is 2.46 bits per heavy atom. The highest BCUT2D eigenvalue weighted by molar-refractivity contribution is 5.95. The molecule has 0 fully saturated rings. The second-order valence-electron chi connectivity index (χ2n) is 5.43. The van der Waals surface area contributed by atoms with Crippen molar-refractivity contribution in [2.24, 2.45) is 0 Å². The normalized spacial score (nSPS) is 10.2. The summed E-state index contributed by atoms with van der Waals surface area (Å²) >= 11 is 0. The summed E-state index contributed by atoms with van der Waals surface area (Å²) in [6.45, 7) is 8.58. The largest absolute Gasteiger partial charge is 0.462 e. The third-order valence-electron chi connectivity index (χ3n) is 3.62. The predicted molar refractivity (Wildman–Crippen MR) is 99.9 cm³/mol. The first-order valence-corrected chi connectivity index (χ1v) is 8.40. The Kier molecular flexibility index (Phi) is 11.9. The Labute approximate surface area is 151 Å². The Morgan fingerprint density at radius 1 is 1.12 bits per heavy atom. The van der Waals surface area contributed by atoms with Gasteiger partial charge >= 0.3 is 5.97 Å². The molecular weight excluding hydrogens is 328 g/mol. The number of likely N-dealkylation sites (N-methyl/N-ethyl adjacent to an activating group) is 1. The van der Waals surface area contributed by atoms with E-state index < -0.39 is 0 Å². The summed E-state index contributed by atoms with van der Waals surface area (Å²) in [7, 11) is 0. The highest BCUT2D eigenvalue weighted by Gasteiger charge is 2.10. The molecule has 0 atom stereocenters. The van der Waals surface area contributed by atoms with E-state index >= 15 is 0 Å². The summed E-state index contributed by atoms with van der Waals surface area (Å²) in [4.78, 5) is 26.0. The fourth-order valence-corrected chi connectivity index (χ4v) is 2.18. The summed E-state index contributed by atoms with van der Waals surface area (Å²) in [5.41, 5.74) is 1.08. The third kappa shape index (κ3) is 8.31. The maximum Gasteiger partial charge on any atom is 0.338 e. The molecule has 1 N–H and O–H groups in total. The number of carbonyl (C=O) groups excluding carboxylic acids is 2. The minimum absolute atomic E-state index is 0. The number of unbranched alkanes of at least 4 members (excludes halogenated alkanes) is 2. The summed E-state index contributed by atoms with van der Waals surface area (Å²) < 4.78 is 5.23. The first-order chi connectivity index (χ1) is 11.1. The van der Waals surface area contributed by atoms with E-state index in [1.807, 2.05) is 18.7 Å². The molecule has 0 unspecified atom stereocenters. The van der Waals surface area contributed by atoms with Crippen molar-refractivity contribution in [3.63, 3.8) is 0 Å². The number of halogens is 1. The fraction of sp³-hybridized carbons (Fsp3) is 0.556. The van der Waals surface area contributed by atoms with Gasteiger partial charge in [-0.05, 0) is 37.7 Å². The maximum atomic E-state index is 12.0. The van der Waals surface area contributed by atoms with Crippen LogP contribution in [0.3, 0.4) is 0 Å². The van der Waals surface area contributed by atoms with Gasteiger partial charge in [-0.2, -0.15) is 0 Å². The highest BCUT2D eigenvalue weighted by Crippen LogP contribution is 2.12. The molecule has 0 aliphatic rings. The molecule has 1 aromatic rings. The number of ether oxygens (including phenoxy) is 1. The number of esters is 1. The zero-order valence-electron chi connectivity index (χ0n) is 14.8. The monoisotopic (exact) mass is 356 g/mol. The summed E-state index contributed by atoms with van der Waals surface area (Å²) in [5, 5.41) is 2.82. The lowest BCUT2D eigenvalue weighted by Crippen LogP contribution is -2.32. The molecule has 24 heavy (non-hydrogen) atoms. The molecule has 1 rings (SSSR count). The number of carbonyl (C=O) groups is 2. The van der Waals surface area contributed by atoms with Gasteiger partial charge in [0.25, 0.3) is 0 Å². The van der Waals surface area contributed by atoms with Crippen molar-refractivity contribution in [1.82, 2.24) is 4.90 Å². The van der Waals surface area contributed by atoms with Crippen LogP contribution in [-0.2, 0) is 9.53 Å². The van der Waals surface area contributed by atoms with E-state index in [2.05, 4.69) is 12.2 Å². The molecular formula is C18H29ClN2O3. The van der Waals surface area contributed by atoms with Crippen molar-refractivity contribution in [2.75, 3.05) is 31.6 Å². The number of nitrogens with zero attached hydrogens (tertiary/aromatic N) is 1. The smallest absolute Gasteiger partial charge is 0.338 e. The van der Waals surface area contributed by atoms with E-state index in [0.717, 1.165) is 32.4 Å². The standard InChI is InChI=1S/C18H28N2O3.ClH/c1-4-7-8-12-23-18(22)15-10-9-11-16(13-15)19-17(21)14-20(5-2)6-3;/h9-11,13H,4-8,12,14H2,1-3H3,(H,19,21);1H. The first-order valence-electron chi connectivity index (χ1n) is 8.40. The fourth-order valence-electron chi connectivity index (χ4n) is 2.18. The van der Waals surface area contributed by atoms with Gasteiger partial charge in [-0.15, -0.1) is 12.4 Å². The van der Waals surface area contributed by atoms with Crippen molar-refractivity contribution >= 4 is 30.0 Å². The Hall–Kier alpha value is -1.59. The number of nitrogens with one attached hydrogen (secondary N) is 1. The van der Waals surface area contributed by atoms with Crippen molar-refractivity contribution in [2.45, 2.75) is 40.0 Å². The molecule has 0 spiro atoms. The zero-order chi connectivity index (χ0) is 17.1. The molecule has 0 saturated heterocycles. The lowest BCUT2D eigenvalue weighted by atomic mass is 10.2. The SMILES string of the molecule is CCCCCOC(=O)c1cccc(NC(=O)CN(CC)CC)c1.Cl. The Bertz CT molecular complexity index is 505. The average Bonchev–Trinajstić information content (AvgIpc) is 2.56. The Morgan fingerprint density at radius 2 is 1.83 bits per heavy atom. The summed E-state index contributed by atoms with van der Waals surface area (Å²) in [5.74, 6) is -0.428. The second kappa shape index (κ2) is 12.8. The van der Waals surface area contributed by atoms with Gasteiger partial charge in [0.1, 0.15) is 0 Å². The van der Waals surface area contributed by atoms with Gasteiger partial charge in [-0.25, -0.2) is 4.79 Å². The molecule has 0 aliphatic carbocycles. The van der Waals surface area contributed by atoms with E-state index in [0.29, 0.717) is 24.4 Å². The molecule has 0 saturated carbocycles. The number of hydrogen-bond acceptors (Lipinski definition) is 4. The van der Waals surface area contributed by atoms with Crippen LogP contribution in [0, 0.1) is 0 Å². The molecule has 136 valence electrons. The molecule has 0 bridgehead atoms. The quantitative estimate of drug-likeness (QED) is 0.512. The van der Waals surface area contributed by atoms with Gasteiger partial charge < -0.3 is 10.1 Å². The van der Waals surface area contributed by atoms with E-state index in [-0.39, 0.29) is 24.3 Å². The lowest BCUT2D eigenvalue weighted by molar-refractivity contribution is -0.117. The van der Waals surface area contributed by atoms with Gasteiger partial charge in [-0.3, -0.25) is 9.69 Å². The molecule has 0 aliphatic heterocycles. The van der Waals surface area contributed by atoms with Crippen LogP contribution < -0.4 is 5.32 Å². The van der Waals surface area contributed by atoms with Gasteiger partial charge in [0.2, 0.25) is 5.91 Å². The number of anilines is 1. The number of rotatable bonds is 10. The van der Waals surface area contributed by atoms with Crippen LogP contribution in [0.2, 0.25) is 0 Å². The lowest BCUT2D eigenvalue weighted by Gasteiger charge is -2.17. The molecule has 1 aromatic carbocycles. The van der Waals surface area contributed by atoms with Crippen LogP contribution in [0.15, 0.2) is 24.3 Å². The van der Waals surface area contributed by atoms with Gasteiger partial charge in [0, 0.05) is 5.69 Å². The Balaban J connectivity index is 0.00000529. The average molecular weight is 357 g/mol. The minimum Gasteiger partial charge on any atom is -0.462 e. The van der Waals surface area contributed by atoms with Crippen molar-refractivity contribution < 1.29 is 14.3 Å². The maximum absolute atomic E-state index is 12.0. The van der Waals surface area contributed by atoms with Crippen molar-refractivity contribution in [3.8, 4) is 0 Å². The predicted octanol–water partition coefficient (Wildman–Crippen LogP) is 3.74. The van der Waals surface area contributed by atoms with Crippen LogP contribution in [-0.4, -0.2) is 43.0 Å². The number of amides is 1. The van der Waals surface area contributed by atoms with Gasteiger partial charge in [0.05, 0.1) is 18.7 Å². The second-order valence-corrected chi connectivity index (χ2v) is 5.43. The van der Waals surface area contributed by atoms with E-state index in [1.54, 1.807) is 24.3 Å². The highest BCUT2D eigenvalue weighted by atomic mass is 35.5. The third-order valence-corrected chi connectivity index (χ3v) is 3.62. The zero-order valence-corrected chi connectivity index (χ0v) is 15.7. The minimum atomic E-state index is -0.346. The molecule has 6 heteroatoms. The van der Waals surface area contributed by atoms with Crippen LogP contribution in [0.1, 0.15) is 50.4 Å². The molecule has 0 radical (unpaired) electrons. The van der Waals surface area contributed by atoms with Crippen LogP contribution >= 0.6 is 12.4 Å². The molecule has 0 aromatic heterocycles. The van der Waals surface area contributed by atoms with Gasteiger partial charge in [-0.1, -0.05) is 39.7 Å².